The largest absolute Gasteiger partial charge is 0.480 e. The van der Waals surface area contributed by atoms with Crippen LogP contribution in [-0.4, -0.2) is 109 Å². The molecule has 0 spiro atoms. The van der Waals surface area contributed by atoms with E-state index < -0.39 is 23.8 Å². The van der Waals surface area contributed by atoms with Gasteiger partial charge in [-0.05, 0) is 96.3 Å². The van der Waals surface area contributed by atoms with Gasteiger partial charge in [0.05, 0.1) is 23.7 Å². The van der Waals surface area contributed by atoms with Crippen LogP contribution in [0.4, 0.5) is 0 Å². The summed E-state index contributed by atoms with van der Waals surface area (Å²) in [7, 11) is 0. The molecular weight excluding hydrogens is 769 g/mol. The molecular formula is C39H67Cl2N5O10. The maximum atomic E-state index is 11.6. The summed E-state index contributed by atoms with van der Waals surface area (Å²) in [6, 6.07) is 0. The number of allylic oxidation sites excluding steroid dienone is 6. The first-order valence-corrected chi connectivity index (χ1v) is 20.7. The number of nitrogens with two attached hydrogens (primary N) is 3. The zero-order chi connectivity index (χ0) is 41.7. The highest BCUT2D eigenvalue weighted by Gasteiger charge is 2.33. The molecule has 15 nitrogen and oxygen atoms in total. The van der Waals surface area contributed by atoms with Crippen molar-refractivity contribution in [2.75, 3.05) is 51.3 Å². The van der Waals surface area contributed by atoms with Crippen LogP contribution in [0, 0.1) is 0 Å². The number of carbonyl (C=O) groups is 5. The van der Waals surface area contributed by atoms with E-state index in [2.05, 4.69) is 41.8 Å². The minimum atomic E-state index is -0.877. The summed E-state index contributed by atoms with van der Waals surface area (Å²) < 4.78 is 16.3. The average Bonchev–Trinajstić information content (AvgIpc) is 3.45. The molecule has 1 saturated heterocycles. The Bertz CT molecular complexity index is 1140. The van der Waals surface area contributed by atoms with Crippen LogP contribution in [0.5, 0.6) is 0 Å². The van der Waals surface area contributed by atoms with Gasteiger partial charge in [0.15, 0.2) is 0 Å². The Morgan fingerprint density at radius 2 is 1.04 bits per heavy atom. The maximum Gasteiger partial charge on any atom is 0.358 e. The number of ether oxygens (including phenoxy) is 3. The quantitative estimate of drug-likeness (QED) is 0.0957. The summed E-state index contributed by atoms with van der Waals surface area (Å²) in [5, 5.41) is 11.9. The number of nitrogens with one attached hydrogen (secondary N) is 1. The molecule has 1 aliphatic heterocycles. The van der Waals surface area contributed by atoms with Crippen LogP contribution in [0.1, 0.15) is 109 Å². The number of hydroxylamine groups is 2. The summed E-state index contributed by atoms with van der Waals surface area (Å²) in [5.41, 5.74) is 15.1. The molecule has 56 heavy (non-hydrogen) atoms. The van der Waals surface area contributed by atoms with Gasteiger partial charge >= 0.3 is 11.9 Å². The number of alkyl halides is 2. The fourth-order valence-electron chi connectivity index (χ4n) is 5.49. The molecule has 3 atom stereocenters. The lowest BCUT2D eigenvalue weighted by Crippen LogP contribution is -2.34. The molecule has 0 aromatic heterocycles. The van der Waals surface area contributed by atoms with Crippen molar-refractivity contribution in [2.24, 2.45) is 17.2 Å². The van der Waals surface area contributed by atoms with Crippen molar-refractivity contribution in [3.05, 3.63) is 36.5 Å². The number of hydrogen-bond donors (Lipinski definition) is 5. The van der Waals surface area contributed by atoms with Gasteiger partial charge < -0.3 is 46.7 Å². The van der Waals surface area contributed by atoms with Gasteiger partial charge in [-0.1, -0.05) is 36.5 Å². The van der Waals surface area contributed by atoms with Crippen LogP contribution in [0.2, 0.25) is 0 Å². The van der Waals surface area contributed by atoms with E-state index in [0.717, 1.165) is 96.3 Å². The van der Waals surface area contributed by atoms with E-state index in [4.69, 9.17) is 64.6 Å². The molecule has 8 N–H and O–H groups in total. The average molecular weight is 837 g/mol. The van der Waals surface area contributed by atoms with Gasteiger partial charge in [-0.25, -0.2) is 9.59 Å². The Balaban J connectivity index is 0.000000760. The molecule has 17 heteroatoms. The van der Waals surface area contributed by atoms with Crippen LogP contribution >= 0.6 is 23.2 Å². The lowest BCUT2D eigenvalue weighted by molar-refractivity contribution is -0.201. The first kappa shape index (κ1) is 53.1. The number of amides is 3. The minimum Gasteiger partial charge on any atom is -0.480 e. The molecule has 322 valence electrons. The standard InChI is InChI=1S/C14H19NO5.C12H22N2O2.C10H16O3.C2H8N2.CH2Cl2/c16-12-8-9-13(17)15(12)20-14(18)10-19-11-6-4-2-1-3-5-7-11;13-8-9-14-12(15)10-16-11-6-4-2-1-3-5-7-11;11-10(12)8-13-9-6-4-2-1-3-5-7-9;3-1-2-4;2-1-3/h1-2,11H,3-10H2;1-2,11H,3-10,13H2,(H,14,15);1-2,9H,3-8H2,(H,11,12);1-4H2;1H2/b3*2-1+;;/t2*11-;9-;;/m000../s1. The second-order valence-electron chi connectivity index (χ2n) is 13.0. The zero-order valence-electron chi connectivity index (χ0n) is 32.9. The summed E-state index contributed by atoms with van der Waals surface area (Å²) in [5.74, 6) is -2.59. The third-order valence-electron chi connectivity index (χ3n) is 8.32. The molecule has 0 radical (unpaired) electrons. The topological polar surface area (TPSA) is 236 Å². The molecule has 1 fully saturated rings. The van der Waals surface area contributed by atoms with E-state index in [-0.39, 0.29) is 62.2 Å². The fourth-order valence-corrected chi connectivity index (χ4v) is 5.49. The third-order valence-corrected chi connectivity index (χ3v) is 8.32. The SMILES string of the molecule is ClCCl.NCCN.NCCNC(=O)CO[C@H]1CC/C=C/CCC1.O=C(CO[C@H]1CC/C=C/CCC1)ON1C(=O)CCC1=O.O=C(O)CO[C@H]1CC/C=C/CCC1. The highest BCUT2D eigenvalue weighted by molar-refractivity contribution is 6.40. The van der Waals surface area contributed by atoms with Crippen LogP contribution in [0.15, 0.2) is 36.5 Å². The van der Waals surface area contributed by atoms with Crippen molar-refractivity contribution >= 4 is 52.9 Å². The molecule has 0 bridgehead atoms. The van der Waals surface area contributed by atoms with Crippen molar-refractivity contribution in [2.45, 2.75) is 127 Å². The Kier molecular flexibility index (Phi) is 35.7. The Morgan fingerprint density at radius 3 is 1.43 bits per heavy atom. The van der Waals surface area contributed by atoms with Gasteiger partial charge in [0.2, 0.25) is 5.91 Å². The normalized spacial score (nSPS) is 22.5. The van der Waals surface area contributed by atoms with Crippen molar-refractivity contribution in [1.29, 1.82) is 0 Å². The van der Waals surface area contributed by atoms with Gasteiger partial charge in [-0.3, -0.25) is 14.4 Å². The molecule has 3 amide bonds. The highest BCUT2D eigenvalue weighted by Crippen LogP contribution is 2.18. The van der Waals surface area contributed by atoms with Gasteiger partial charge in [-0.2, -0.15) is 0 Å². The monoisotopic (exact) mass is 835 g/mol. The van der Waals surface area contributed by atoms with E-state index in [1.54, 1.807) is 0 Å². The lowest BCUT2D eigenvalue weighted by atomic mass is 10.0. The Hall–Kier alpha value is -2.89. The lowest BCUT2D eigenvalue weighted by Gasteiger charge is -2.18. The van der Waals surface area contributed by atoms with Crippen LogP contribution in [0.25, 0.3) is 0 Å². The van der Waals surface area contributed by atoms with Crippen molar-refractivity contribution in [3.63, 3.8) is 0 Å². The van der Waals surface area contributed by atoms with E-state index in [1.165, 1.54) is 0 Å². The van der Waals surface area contributed by atoms with Crippen LogP contribution in [0.3, 0.4) is 0 Å². The third kappa shape index (κ3) is 31.2. The Labute approximate surface area is 342 Å². The van der Waals surface area contributed by atoms with E-state index in [9.17, 15) is 24.0 Å². The zero-order valence-corrected chi connectivity index (χ0v) is 34.4. The van der Waals surface area contributed by atoms with Gasteiger partial charge in [-0.15, -0.1) is 28.3 Å². The summed E-state index contributed by atoms with van der Waals surface area (Å²) in [6.07, 6.45) is 28.9. The van der Waals surface area contributed by atoms with E-state index >= 15 is 0 Å². The van der Waals surface area contributed by atoms with Crippen LogP contribution in [-0.2, 0) is 43.0 Å². The number of nitrogens with zero attached hydrogens (tertiary/aromatic N) is 1. The van der Waals surface area contributed by atoms with E-state index in [0.29, 0.717) is 31.2 Å². The van der Waals surface area contributed by atoms with Crippen molar-refractivity contribution < 1.29 is 48.1 Å². The number of carbonyl (C=O) groups excluding carboxylic acids is 4. The van der Waals surface area contributed by atoms with Gasteiger partial charge in [0.25, 0.3) is 11.8 Å². The highest BCUT2D eigenvalue weighted by atomic mass is 35.5. The number of imide groups is 1. The number of rotatable bonds is 13. The van der Waals surface area contributed by atoms with Gasteiger partial charge in [0.1, 0.15) is 19.8 Å². The molecule has 4 aliphatic rings. The summed E-state index contributed by atoms with van der Waals surface area (Å²) in [6.45, 7) is 1.96. The number of aliphatic carboxylic acids is 1. The van der Waals surface area contributed by atoms with E-state index in [1.807, 2.05) is 0 Å². The predicted octanol–water partition coefficient (Wildman–Crippen LogP) is 4.77. The summed E-state index contributed by atoms with van der Waals surface area (Å²) in [4.78, 5) is 60.4. The minimum absolute atomic E-state index is 0.0254. The van der Waals surface area contributed by atoms with Crippen molar-refractivity contribution in [1.82, 2.24) is 10.4 Å². The van der Waals surface area contributed by atoms with Crippen molar-refractivity contribution in [3.8, 4) is 0 Å². The number of carboxylic acids is 1. The maximum absolute atomic E-state index is 11.6. The molecule has 0 aromatic carbocycles. The number of carboxylic acid groups (broad SMARTS) is 1. The number of hydrogen-bond acceptors (Lipinski definition) is 12. The first-order chi connectivity index (χ1) is 27.1. The molecule has 1 heterocycles. The molecule has 0 aromatic rings. The smallest absolute Gasteiger partial charge is 0.358 e. The number of halogens is 2. The fraction of sp³-hybridized carbons (Fsp3) is 0.718. The second-order valence-corrected chi connectivity index (χ2v) is 13.8. The van der Waals surface area contributed by atoms with Gasteiger partial charge in [0, 0.05) is 39.0 Å². The Morgan fingerprint density at radius 1 is 0.643 bits per heavy atom. The molecule has 4 rings (SSSR count). The molecule has 0 saturated carbocycles. The van der Waals surface area contributed by atoms with Crippen LogP contribution < -0.4 is 22.5 Å². The first-order valence-electron chi connectivity index (χ1n) is 19.7. The molecule has 3 aliphatic carbocycles. The molecule has 0 unspecified atom stereocenters. The summed E-state index contributed by atoms with van der Waals surface area (Å²) >= 11 is 9.53. The second kappa shape index (κ2) is 37.7. The predicted molar refractivity (Wildman–Crippen MR) is 217 cm³/mol.